The summed E-state index contributed by atoms with van der Waals surface area (Å²) in [5.41, 5.74) is 1.34. The van der Waals surface area contributed by atoms with Crippen LogP contribution in [-0.2, 0) is 10.0 Å². The summed E-state index contributed by atoms with van der Waals surface area (Å²) in [5, 5.41) is 1.76. The van der Waals surface area contributed by atoms with E-state index >= 15 is 0 Å². The highest BCUT2D eigenvalue weighted by Crippen LogP contribution is 2.25. The van der Waals surface area contributed by atoms with Gasteiger partial charge in [-0.3, -0.25) is 4.72 Å². The Morgan fingerprint density at radius 3 is 2.43 bits per heavy atom. The topological polar surface area (TPSA) is 46.2 Å². The van der Waals surface area contributed by atoms with E-state index in [4.69, 9.17) is 11.6 Å². The molecule has 110 valence electrons. The zero-order valence-electron chi connectivity index (χ0n) is 11.3. The quantitative estimate of drug-likeness (QED) is 0.817. The van der Waals surface area contributed by atoms with Crippen LogP contribution in [0.25, 0.3) is 6.08 Å². The maximum absolute atomic E-state index is 12.1. The van der Waals surface area contributed by atoms with Gasteiger partial charge in [0, 0.05) is 9.92 Å². The lowest BCUT2D eigenvalue weighted by Crippen LogP contribution is -2.09. The van der Waals surface area contributed by atoms with E-state index in [1.807, 2.05) is 18.4 Å². The highest BCUT2D eigenvalue weighted by atomic mass is 35.5. The lowest BCUT2D eigenvalue weighted by molar-refractivity contribution is 0.609. The largest absolute Gasteiger partial charge is 0.279 e. The summed E-state index contributed by atoms with van der Waals surface area (Å²) >= 11 is 7.27. The van der Waals surface area contributed by atoms with Gasteiger partial charge in [-0.2, -0.15) is 0 Å². The van der Waals surface area contributed by atoms with Crippen molar-refractivity contribution >= 4 is 45.1 Å². The van der Waals surface area contributed by atoms with Crippen LogP contribution in [0, 0.1) is 0 Å². The van der Waals surface area contributed by atoms with Crippen molar-refractivity contribution in [3.8, 4) is 0 Å². The number of hydrogen-bond donors (Lipinski definition) is 1. The molecule has 0 aliphatic rings. The van der Waals surface area contributed by atoms with E-state index in [-0.39, 0.29) is 0 Å². The Morgan fingerprint density at radius 2 is 1.76 bits per heavy atom. The minimum absolute atomic E-state index is 0.575. The summed E-state index contributed by atoms with van der Waals surface area (Å²) in [6.07, 6.45) is 3.43. The molecular weight excluding hydrogens is 326 g/mol. The van der Waals surface area contributed by atoms with Gasteiger partial charge in [-0.05, 0) is 42.2 Å². The second-order valence-electron chi connectivity index (χ2n) is 4.20. The van der Waals surface area contributed by atoms with Gasteiger partial charge in [0.1, 0.15) is 0 Å². The fourth-order valence-electron chi connectivity index (χ4n) is 1.66. The molecule has 0 amide bonds. The predicted molar refractivity (Wildman–Crippen MR) is 91.3 cm³/mol. The number of para-hydroxylation sites is 1. The van der Waals surface area contributed by atoms with Crippen LogP contribution in [-0.4, -0.2) is 14.7 Å². The van der Waals surface area contributed by atoms with Crippen LogP contribution in [0.2, 0.25) is 5.02 Å². The zero-order chi connectivity index (χ0) is 15.3. The molecular formula is C15H14ClNO2S2. The van der Waals surface area contributed by atoms with E-state index in [1.165, 1.54) is 17.8 Å². The fourth-order valence-corrected chi connectivity index (χ4v) is 3.29. The molecule has 0 radical (unpaired) electrons. The van der Waals surface area contributed by atoms with Crippen molar-refractivity contribution in [1.29, 1.82) is 0 Å². The number of anilines is 1. The van der Waals surface area contributed by atoms with Crippen LogP contribution in [0.4, 0.5) is 5.69 Å². The summed E-state index contributed by atoms with van der Waals surface area (Å²) in [5.74, 6) is 0. The van der Waals surface area contributed by atoms with Gasteiger partial charge in [0.25, 0.3) is 10.0 Å². The number of thioether (sulfide) groups is 1. The molecule has 0 unspecified atom stereocenters. The van der Waals surface area contributed by atoms with Gasteiger partial charge in [0.05, 0.1) is 11.1 Å². The molecule has 2 aromatic rings. The number of rotatable bonds is 5. The second-order valence-corrected chi connectivity index (χ2v) is 7.05. The molecule has 0 bridgehead atoms. The normalized spacial score (nSPS) is 11.7. The van der Waals surface area contributed by atoms with Gasteiger partial charge in [0.2, 0.25) is 0 Å². The Kier molecular flexibility index (Phi) is 5.33. The minimum atomic E-state index is -3.55. The average Bonchev–Trinajstić information content (AvgIpc) is 2.47. The highest BCUT2D eigenvalue weighted by molar-refractivity contribution is 7.99. The monoisotopic (exact) mass is 339 g/mol. The highest BCUT2D eigenvalue weighted by Gasteiger charge is 2.08. The first-order valence-corrected chi connectivity index (χ1v) is 9.24. The molecule has 21 heavy (non-hydrogen) atoms. The van der Waals surface area contributed by atoms with Crippen LogP contribution in [0.15, 0.2) is 58.8 Å². The standard InChI is InChI=1S/C15H14ClNO2S2/c1-20-15-5-3-2-4-14(15)17-21(18,19)11-10-12-6-8-13(16)9-7-12/h2-11,17H,1H3/b11-10+. The summed E-state index contributed by atoms with van der Waals surface area (Å²) < 4.78 is 26.7. The van der Waals surface area contributed by atoms with Gasteiger partial charge in [-0.25, -0.2) is 8.42 Å². The number of halogens is 1. The maximum Gasteiger partial charge on any atom is 0.255 e. The Labute approximate surface area is 134 Å². The first-order chi connectivity index (χ1) is 10.00. The van der Waals surface area contributed by atoms with Gasteiger partial charge in [-0.15, -0.1) is 11.8 Å². The molecule has 0 heterocycles. The molecule has 0 saturated carbocycles. The molecule has 0 fully saturated rings. The minimum Gasteiger partial charge on any atom is -0.279 e. The Bertz CT molecular complexity index is 741. The van der Waals surface area contributed by atoms with Crippen molar-refractivity contribution in [2.24, 2.45) is 0 Å². The maximum atomic E-state index is 12.1. The van der Waals surface area contributed by atoms with Crippen LogP contribution in [0.1, 0.15) is 5.56 Å². The van der Waals surface area contributed by atoms with Crippen LogP contribution in [0.3, 0.4) is 0 Å². The Morgan fingerprint density at radius 1 is 1.10 bits per heavy atom. The third-order valence-corrected chi connectivity index (χ3v) is 4.72. The molecule has 0 atom stereocenters. The molecule has 2 aromatic carbocycles. The predicted octanol–water partition coefficient (Wildman–Crippen LogP) is 4.47. The average molecular weight is 340 g/mol. The number of sulfonamides is 1. The molecule has 6 heteroatoms. The number of benzene rings is 2. The van der Waals surface area contributed by atoms with Crippen molar-refractivity contribution in [1.82, 2.24) is 0 Å². The lowest BCUT2D eigenvalue weighted by atomic mass is 10.2. The first kappa shape index (κ1) is 15.9. The lowest BCUT2D eigenvalue weighted by Gasteiger charge is -2.08. The van der Waals surface area contributed by atoms with E-state index in [9.17, 15) is 8.42 Å². The van der Waals surface area contributed by atoms with Crippen LogP contribution in [0.5, 0.6) is 0 Å². The molecule has 1 N–H and O–H groups in total. The SMILES string of the molecule is CSc1ccccc1NS(=O)(=O)/C=C/c1ccc(Cl)cc1. The molecule has 2 rings (SSSR count). The van der Waals surface area contributed by atoms with E-state index in [2.05, 4.69) is 4.72 Å². The van der Waals surface area contributed by atoms with Crippen molar-refractivity contribution in [3.05, 3.63) is 64.5 Å². The molecule has 0 aliphatic carbocycles. The van der Waals surface area contributed by atoms with Crippen molar-refractivity contribution in [3.63, 3.8) is 0 Å². The molecule has 0 spiro atoms. The molecule has 0 aromatic heterocycles. The number of hydrogen-bond acceptors (Lipinski definition) is 3. The Balaban J connectivity index is 2.17. The van der Waals surface area contributed by atoms with E-state index in [0.29, 0.717) is 10.7 Å². The van der Waals surface area contributed by atoms with E-state index in [0.717, 1.165) is 15.9 Å². The van der Waals surface area contributed by atoms with Crippen molar-refractivity contribution in [2.45, 2.75) is 4.90 Å². The molecule has 0 aliphatic heterocycles. The van der Waals surface area contributed by atoms with Gasteiger partial charge in [-0.1, -0.05) is 35.9 Å². The first-order valence-electron chi connectivity index (χ1n) is 6.10. The van der Waals surface area contributed by atoms with Gasteiger partial charge < -0.3 is 0 Å². The van der Waals surface area contributed by atoms with Crippen molar-refractivity contribution < 1.29 is 8.42 Å². The van der Waals surface area contributed by atoms with Gasteiger partial charge >= 0.3 is 0 Å². The third-order valence-electron chi connectivity index (χ3n) is 2.67. The molecule has 3 nitrogen and oxygen atoms in total. The Hall–Kier alpha value is -1.43. The van der Waals surface area contributed by atoms with Crippen LogP contribution >= 0.6 is 23.4 Å². The second kappa shape index (κ2) is 7.02. The van der Waals surface area contributed by atoms with Crippen LogP contribution < -0.4 is 4.72 Å². The van der Waals surface area contributed by atoms with E-state index in [1.54, 1.807) is 36.4 Å². The third kappa shape index (κ3) is 4.81. The fraction of sp³-hybridized carbons (Fsp3) is 0.0667. The summed E-state index contributed by atoms with van der Waals surface area (Å²) in [6.45, 7) is 0. The van der Waals surface area contributed by atoms with Crippen molar-refractivity contribution in [2.75, 3.05) is 11.0 Å². The molecule has 0 saturated heterocycles. The summed E-state index contributed by atoms with van der Waals surface area (Å²) in [4.78, 5) is 0.876. The number of nitrogens with one attached hydrogen (secondary N) is 1. The summed E-state index contributed by atoms with van der Waals surface area (Å²) in [6, 6.07) is 14.2. The van der Waals surface area contributed by atoms with E-state index < -0.39 is 10.0 Å². The zero-order valence-corrected chi connectivity index (χ0v) is 13.7. The smallest absolute Gasteiger partial charge is 0.255 e. The summed E-state index contributed by atoms with van der Waals surface area (Å²) in [7, 11) is -3.55. The van der Waals surface area contributed by atoms with Gasteiger partial charge in [0.15, 0.2) is 0 Å².